The standard InChI is InChI=1S/C24H25N3O5S/c1-15(2)19-14-33-21(25-19)5-3-16-7-9-27-20(11-16)26-23(32-13-17-8-10-31-12-17)18(24(27)30)4-6-22(28)29/h3-7,9,11,14-15,17H,8,10,12-13H2,1-2H3,(H,28,29). The van der Waals surface area contributed by atoms with E-state index >= 15 is 0 Å². The van der Waals surface area contributed by atoms with Gasteiger partial charge in [-0.05, 0) is 42.2 Å². The second kappa shape index (κ2) is 10.1. The van der Waals surface area contributed by atoms with Gasteiger partial charge >= 0.3 is 5.97 Å². The lowest BCUT2D eigenvalue weighted by Gasteiger charge is -2.13. The third kappa shape index (κ3) is 5.55. The number of carboxylic acids is 1. The topological polar surface area (TPSA) is 103 Å². The van der Waals surface area contributed by atoms with Crippen LogP contribution in [0.2, 0.25) is 0 Å². The number of hydrogen-bond acceptors (Lipinski definition) is 7. The van der Waals surface area contributed by atoms with Gasteiger partial charge in [0.05, 0.1) is 18.9 Å². The van der Waals surface area contributed by atoms with Gasteiger partial charge < -0.3 is 14.6 Å². The lowest BCUT2D eigenvalue weighted by molar-refractivity contribution is -0.131. The number of carbonyl (C=O) groups is 1. The van der Waals surface area contributed by atoms with Crippen LogP contribution in [-0.4, -0.2) is 45.3 Å². The molecule has 0 aliphatic carbocycles. The van der Waals surface area contributed by atoms with E-state index in [2.05, 4.69) is 29.2 Å². The quantitative estimate of drug-likeness (QED) is 0.500. The minimum atomic E-state index is -1.15. The van der Waals surface area contributed by atoms with Crippen LogP contribution in [0.4, 0.5) is 0 Å². The van der Waals surface area contributed by atoms with E-state index in [0.717, 1.165) is 28.8 Å². The molecule has 1 aliphatic heterocycles. The van der Waals surface area contributed by atoms with Gasteiger partial charge in [-0.3, -0.25) is 9.20 Å². The molecular formula is C24H25N3O5S. The first kappa shape index (κ1) is 22.9. The zero-order valence-electron chi connectivity index (χ0n) is 18.4. The van der Waals surface area contributed by atoms with Crippen molar-refractivity contribution >= 4 is 41.2 Å². The molecule has 0 spiro atoms. The average molecular weight is 468 g/mol. The molecule has 3 aromatic heterocycles. The summed E-state index contributed by atoms with van der Waals surface area (Å²) in [5.41, 5.74) is 2.03. The van der Waals surface area contributed by atoms with Crippen molar-refractivity contribution in [2.24, 2.45) is 5.92 Å². The molecule has 4 heterocycles. The first-order chi connectivity index (χ1) is 15.9. The van der Waals surface area contributed by atoms with Crippen molar-refractivity contribution in [1.29, 1.82) is 0 Å². The second-order valence-electron chi connectivity index (χ2n) is 8.13. The Morgan fingerprint density at radius 2 is 2.21 bits per heavy atom. The third-order valence-electron chi connectivity index (χ3n) is 5.28. The average Bonchev–Trinajstić information content (AvgIpc) is 3.47. The summed E-state index contributed by atoms with van der Waals surface area (Å²) in [6, 6.07) is 3.58. The Labute approximate surface area is 194 Å². The molecular weight excluding hydrogens is 442 g/mol. The Bertz CT molecular complexity index is 1270. The van der Waals surface area contributed by atoms with Crippen molar-refractivity contribution in [3.05, 3.63) is 62.0 Å². The zero-order chi connectivity index (χ0) is 23.4. The minimum Gasteiger partial charge on any atom is -0.478 e. The van der Waals surface area contributed by atoms with Crippen molar-refractivity contribution in [3.8, 4) is 5.88 Å². The predicted octanol–water partition coefficient (Wildman–Crippen LogP) is 3.96. The number of ether oxygens (including phenoxy) is 2. The SMILES string of the molecule is CC(C)c1csc(C=Cc2ccn3c(=O)c(C=CC(=O)O)c(OCC4CCOC4)nc3c2)n1. The van der Waals surface area contributed by atoms with Gasteiger partial charge in [-0.25, -0.2) is 9.78 Å². The summed E-state index contributed by atoms with van der Waals surface area (Å²) >= 11 is 1.58. The van der Waals surface area contributed by atoms with Crippen LogP contribution in [0.25, 0.3) is 23.9 Å². The Morgan fingerprint density at radius 3 is 2.91 bits per heavy atom. The highest BCUT2D eigenvalue weighted by Gasteiger charge is 2.19. The third-order valence-corrected chi connectivity index (χ3v) is 6.10. The van der Waals surface area contributed by atoms with Crippen molar-refractivity contribution in [1.82, 2.24) is 14.4 Å². The molecule has 0 saturated carbocycles. The van der Waals surface area contributed by atoms with Crippen molar-refractivity contribution < 1.29 is 19.4 Å². The maximum Gasteiger partial charge on any atom is 0.328 e. The predicted molar refractivity (Wildman–Crippen MR) is 128 cm³/mol. The summed E-state index contributed by atoms with van der Waals surface area (Å²) in [5.74, 6) is -0.450. The first-order valence-corrected chi connectivity index (χ1v) is 11.6. The maximum absolute atomic E-state index is 13.1. The molecule has 0 bridgehead atoms. The Morgan fingerprint density at radius 1 is 1.36 bits per heavy atom. The number of carboxylic acid groups (broad SMARTS) is 1. The summed E-state index contributed by atoms with van der Waals surface area (Å²) in [4.78, 5) is 33.2. The van der Waals surface area contributed by atoms with Crippen LogP contribution in [0, 0.1) is 5.92 Å². The molecule has 1 aliphatic rings. The van der Waals surface area contributed by atoms with Gasteiger partial charge in [-0.15, -0.1) is 11.3 Å². The Balaban J connectivity index is 1.67. The van der Waals surface area contributed by atoms with Crippen LogP contribution in [0.5, 0.6) is 5.88 Å². The largest absolute Gasteiger partial charge is 0.478 e. The fraction of sp³-hybridized carbons (Fsp3) is 0.333. The number of fused-ring (bicyclic) bond motifs is 1. The van der Waals surface area contributed by atoms with Crippen LogP contribution in [0.3, 0.4) is 0 Å². The lowest BCUT2D eigenvalue weighted by Crippen LogP contribution is -2.21. The minimum absolute atomic E-state index is 0.0982. The van der Waals surface area contributed by atoms with Gasteiger partial charge in [0.15, 0.2) is 0 Å². The normalized spacial score (nSPS) is 16.5. The van der Waals surface area contributed by atoms with E-state index in [0.29, 0.717) is 31.4 Å². The number of aliphatic carboxylic acids is 1. The highest BCUT2D eigenvalue weighted by Crippen LogP contribution is 2.21. The monoisotopic (exact) mass is 467 g/mol. The van der Waals surface area contributed by atoms with Crippen LogP contribution < -0.4 is 10.3 Å². The summed E-state index contributed by atoms with van der Waals surface area (Å²) < 4.78 is 12.6. The summed E-state index contributed by atoms with van der Waals surface area (Å²) in [6.45, 7) is 5.83. The fourth-order valence-electron chi connectivity index (χ4n) is 3.38. The molecule has 0 radical (unpaired) electrons. The van der Waals surface area contributed by atoms with Gasteiger partial charge in [0, 0.05) is 30.2 Å². The molecule has 8 nitrogen and oxygen atoms in total. The Hall–Kier alpha value is -3.30. The lowest BCUT2D eigenvalue weighted by atomic mass is 10.1. The molecule has 3 aromatic rings. The van der Waals surface area contributed by atoms with Gasteiger partial charge in [0.1, 0.15) is 16.2 Å². The number of rotatable bonds is 8. The molecule has 1 N–H and O–H groups in total. The van der Waals surface area contributed by atoms with Gasteiger partial charge in [-0.2, -0.15) is 4.98 Å². The van der Waals surface area contributed by atoms with E-state index in [4.69, 9.17) is 14.6 Å². The van der Waals surface area contributed by atoms with Crippen molar-refractivity contribution in [3.63, 3.8) is 0 Å². The first-order valence-electron chi connectivity index (χ1n) is 10.7. The Kier molecular flexibility index (Phi) is 7.00. The van der Waals surface area contributed by atoms with Gasteiger partial charge in [-0.1, -0.05) is 19.9 Å². The maximum atomic E-state index is 13.1. The van der Waals surface area contributed by atoms with E-state index in [1.165, 1.54) is 10.5 Å². The van der Waals surface area contributed by atoms with Crippen molar-refractivity contribution in [2.45, 2.75) is 26.2 Å². The van der Waals surface area contributed by atoms with E-state index in [-0.39, 0.29) is 17.4 Å². The highest BCUT2D eigenvalue weighted by molar-refractivity contribution is 7.10. The fourth-order valence-corrected chi connectivity index (χ4v) is 4.25. The molecule has 1 fully saturated rings. The molecule has 0 aromatic carbocycles. The number of nitrogens with zero attached hydrogens (tertiary/aromatic N) is 3. The van der Waals surface area contributed by atoms with Crippen LogP contribution in [0.15, 0.2) is 34.6 Å². The van der Waals surface area contributed by atoms with Gasteiger partial charge in [0.2, 0.25) is 5.88 Å². The molecule has 4 rings (SSSR count). The summed E-state index contributed by atoms with van der Waals surface area (Å²) in [7, 11) is 0. The van der Waals surface area contributed by atoms with Crippen LogP contribution in [0.1, 0.15) is 48.0 Å². The van der Waals surface area contributed by atoms with E-state index < -0.39 is 11.5 Å². The molecule has 0 amide bonds. The van der Waals surface area contributed by atoms with E-state index in [9.17, 15) is 9.59 Å². The number of aromatic nitrogens is 3. The summed E-state index contributed by atoms with van der Waals surface area (Å²) in [5, 5.41) is 12.0. The molecule has 1 unspecified atom stereocenters. The number of thiazole rings is 1. The highest BCUT2D eigenvalue weighted by atomic mass is 32.1. The molecule has 1 saturated heterocycles. The van der Waals surface area contributed by atoms with E-state index in [1.54, 1.807) is 29.7 Å². The molecule has 1 atom stereocenters. The summed E-state index contributed by atoms with van der Waals surface area (Å²) in [6.07, 6.45) is 8.49. The molecule has 9 heteroatoms. The van der Waals surface area contributed by atoms with Crippen LogP contribution >= 0.6 is 11.3 Å². The molecule has 33 heavy (non-hydrogen) atoms. The zero-order valence-corrected chi connectivity index (χ0v) is 19.2. The van der Waals surface area contributed by atoms with Crippen molar-refractivity contribution in [2.75, 3.05) is 19.8 Å². The number of pyridine rings is 1. The smallest absolute Gasteiger partial charge is 0.328 e. The second-order valence-corrected chi connectivity index (χ2v) is 9.02. The number of hydrogen-bond donors (Lipinski definition) is 1. The van der Waals surface area contributed by atoms with Crippen LogP contribution in [-0.2, 0) is 9.53 Å². The van der Waals surface area contributed by atoms with Gasteiger partial charge in [0.25, 0.3) is 5.56 Å². The molecule has 172 valence electrons. The van der Waals surface area contributed by atoms with E-state index in [1.807, 2.05) is 12.2 Å².